The highest BCUT2D eigenvalue weighted by Gasteiger charge is 2.21. The summed E-state index contributed by atoms with van der Waals surface area (Å²) in [5.41, 5.74) is 2.23. The van der Waals surface area contributed by atoms with Gasteiger partial charge < -0.3 is 9.72 Å². The first kappa shape index (κ1) is 13.9. The Kier molecular flexibility index (Phi) is 4.08. The van der Waals surface area contributed by atoms with Gasteiger partial charge in [0.25, 0.3) is 5.56 Å². The Balaban J connectivity index is 1.91. The van der Waals surface area contributed by atoms with Crippen molar-refractivity contribution in [2.24, 2.45) is 0 Å². The van der Waals surface area contributed by atoms with Crippen LogP contribution in [0.5, 0.6) is 0 Å². The highest BCUT2D eigenvalue weighted by atomic mass is 16.5. The molecule has 6 heteroatoms. The number of ether oxygens (including phenoxy) is 1. The molecule has 0 fully saturated rings. The van der Waals surface area contributed by atoms with E-state index in [0.29, 0.717) is 37.8 Å². The molecule has 0 bridgehead atoms. The molecule has 0 atom stereocenters. The summed E-state index contributed by atoms with van der Waals surface area (Å²) >= 11 is 0. The maximum Gasteiger partial charge on any atom is 0.254 e. The summed E-state index contributed by atoms with van der Waals surface area (Å²) in [7, 11) is 0. The van der Waals surface area contributed by atoms with Crippen LogP contribution >= 0.6 is 0 Å². The summed E-state index contributed by atoms with van der Waals surface area (Å²) in [6.45, 7) is 4.69. The lowest BCUT2D eigenvalue weighted by Gasteiger charge is -2.27. The van der Waals surface area contributed by atoms with E-state index in [1.807, 2.05) is 25.1 Å². The molecule has 2 aromatic rings. The Hall–Kier alpha value is -2.05. The predicted molar refractivity (Wildman–Crippen MR) is 78.7 cm³/mol. The van der Waals surface area contributed by atoms with Gasteiger partial charge in [0.2, 0.25) is 0 Å². The number of H-pyrrole nitrogens is 1. The van der Waals surface area contributed by atoms with Crippen LogP contribution in [0.1, 0.15) is 18.2 Å². The third-order valence-corrected chi connectivity index (χ3v) is 3.54. The molecular weight excluding hydrogens is 268 g/mol. The number of pyridine rings is 1. The fourth-order valence-electron chi connectivity index (χ4n) is 2.45. The molecule has 3 rings (SSSR count). The standard InChI is InChI=1S/C15H18N4O2/c1-2-21-10-19-8-6-11-13(9-19)17-14(18-15(11)20)12-5-3-4-7-16-12/h3-5,7H,2,6,8-10H2,1H3,(H,17,18,20). The summed E-state index contributed by atoms with van der Waals surface area (Å²) in [4.78, 5) is 26.0. The SMILES string of the molecule is CCOCN1CCc2c(nc(-c3ccccn3)[nH]c2=O)C1. The van der Waals surface area contributed by atoms with Gasteiger partial charge in [0.05, 0.1) is 12.4 Å². The average molecular weight is 286 g/mol. The summed E-state index contributed by atoms with van der Waals surface area (Å²) in [5.74, 6) is 0.526. The lowest BCUT2D eigenvalue weighted by molar-refractivity contribution is 0.0269. The van der Waals surface area contributed by atoms with E-state index < -0.39 is 0 Å². The molecule has 0 amide bonds. The number of hydrogen-bond acceptors (Lipinski definition) is 5. The Morgan fingerprint density at radius 2 is 2.33 bits per heavy atom. The Morgan fingerprint density at radius 3 is 3.10 bits per heavy atom. The van der Waals surface area contributed by atoms with Crippen molar-refractivity contribution in [3.63, 3.8) is 0 Å². The number of fused-ring (bicyclic) bond motifs is 1. The average Bonchev–Trinajstić information content (AvgIpc) is 2.53. The third kappa shape index (κ3) is 3.01. The lowest BCUT2D eigenvalue weighted by atomic mass is 10.1. The smallest absolute Gasteiger partial charge is 0.254 e. The van der Waals surface area contributed by atoms with Crippen LogP contribution in [0.2, 0.25) is 0 Å². The first-order valence-electron chi connectivity index (χ1n) is 7.11. The van der Waals surface area contributed by atoms with Crippen LogP contribution in [0.15, 0.2) is 29.2 Å². The molecule has 0 spiro atoms. The molecular formula is C15H18N4O2. The molecule has 6 nitrogen and oxygen atoms in total. The van der Waals surface area contributed by atoms with E-state index in [1.54, 1.807) is 6.20 Å². The minimum atomic E-state index is -0.0586. The molecule has 0 saturated carbocycles. The van der Waals surface area contributed by atoms with Gasteiger partial charge in [0, 0.05) is 31.5 Å². The molecule has 21 heavy (non-hydrogen) atoms. The predicted octanol–water partition coefficient (Wildman–Crippen LogP) is 1.18. The van der Waals surface area contributed by atoms with Crippen molar-refractivity contribution in [3.05, 3.63) is 46.0 Å². The van der Waals surface area contributed by atoms with Gasteiger partial charge >= 0.3 is 0 Å². The van der Waals surface area contributed by atoms with Gasteiger partial charge in [-0.1, -0.05) is 6.07 Å². The number of nitrogens with zero attached hydrogens (tertiary/aromatic N) is 3. The molecule has 0 radical (unpaired) electrons. The van der Waals surface area contributed by atoms with E-state index in [2.05, 4.69) is 19.9 Å². The number of aromatic amines is 1. The Labute approximate surface area is 122 Å². The van der Waals surface area contributed by atoms with E-state index in [4.69, 9.17) is 4.74 Å². The minimum Gasteiger partial charge on any atom is -0.366 e. The minimum absolute atomic E-state index is 0.0586. The van der Waals surface area contributed by atoms with E-state index in [-0.39, 0.29) is 5.56 Å². The summed E-state index contributed by atoms with van der Waals surface area (Å²) in [5, 5.41) is 0. The molecule has 1 aliphatic heterocycles. The van der Waals surface area contributed by atoms with Crippen LogP contribution in [0.3, 0.4) is 0 Å². The van der Waals surface area contributed by atoms with E-state index >= 15 is 0 Å². The van der Waals surface area contributed by atoms with Crippen molar-refractivity contribution in [1.82, 2.24) is 19.9 Å². The number of rotatable bonds is 4. The van der Waals surface area contributed by atoms with Gasteiger partial charge in [-0.25, -0.2) is 4.98 Å². The van der Waals surface area contributed by atoms with Crippen LogP contribution in [0.4, 0.5) is 0 Å². The zero-order valence-electron chi connectivity index (χ0n) is 12.0. The van der Waals surface area contributed by atoms with Crippen molar-refractivity contribution >= 4 is 0 Å². The van der Waals surface area contributed by atoms with Gasteiger partial charge in [0.1, 0.15) is 5.69 Å². The monoisotopic (exact) mass is 286 g/mol. The number of aromatic nitrogens is 3. The molecule has 1 N–H and O–H groups in total. The van der Waals surface area contributed by atoms with Gasteiger partial charge in [-0.15, -0.1) is 0 Å². The number of hydrogen-bond donors (Lipinski definition) is 1. The van der Waals surface area contributed by atoms with Crippen LogP contribution in [-0.4, -0.2) is 39.7 Å². The van der Waals surface area contributed by atoms with Crippen LogP contribution < -0.4 is 5.56 Å². The maximum atomic E-state index is 12.2. The molecule has 3 heterocycles. The largest absolute Gasteiger partial charge is 0.366 e. The van der Waals surface area contributed by atoms with Gasteiger partial charge in [-0.2, -0.15) is 0 Å². The van der Waals surface area contributed by atoms with Crippen LogP contribution in [0.25, 0.3) is 11.5 Å². The summed E-state index contributed by atoms with van der Waals surface area (Å²) < 4.78 is 5.43. The first-order chi connectivity index (χ1) is 10.3. The van der Waals surface area contributed by atoms with E-state index in [0.717, 1.165) is 17.8 Å². The highest BCUT2D eigenvalue weighted by Crippen LogP contribution is 2.17. The number of nitrogens with one attached hydrogen (secondary N) is 1. The fraction of sp³-hybridized carbons (Fsp3) is 0.400. The normalized spacial score (nSPS) is 14.9. The summed E-state index contributed by atoms with van der Waals surface area (Å²) in [6, 6.07) is 5.55. The zero-order chi connectivity index (χ0) is 14.7. The van der Waals surface area contributed by atoms with Crippen molar-refractivity contribution in [2.75, 3.05) is 19.9 Å². The van der Waals surface area contributed by atoms with Crippen molar-refractivity contribution < 1.29 is 4.74 Å². The third-order valence-electron chi connectivity index (χ3n) is 3.54. The van der Waals surface area contributed by atoms with Gasteiger partial charge in [-0.3, -0.25) is 14.7 Å². The first-order valence-corrected chi connectivity index (χ1v) is 7.11. The molecule has 0 aliphatic carbocycles. The van der Waals surface area contributed by atoms with Crippen molar-refractivity contribution in [2.45, 2.75) is 19.9 Å². The molecule has 0 saturated heterocycles. The Morgan fingerprint density at radius 1 is 1.43 bits per heavy atom. The van der Waals surface area contributed by atoms with Crippen molar-refractivity contribution in [3.8, 4) is 11.5 Å². The van der Waals surface area contributed by atoms with Crippen molar-refractivity contribution in [1.29, 1.82) is 0 Å². The van der Waals surface area contributed by atoms with E-state index in [1.165, 1.54) is 0 Å². The highest BCUT2D eigenvalue weighted by molar-refractivity contribution is 5.49. The second-order valence-corrected chi connectivity index (χ2v) is 4.98. The molecule has 2 aromatic heterocycles. The molecule has 0 aromatic carbocycles. The van der Waals surface area contributed by atoms with Gasteiger partial charge in [0.15, 0.2) is 5.82 Å². The second-order valence-electron chi connectivity index (χ2n) is 4.98. The molecule has 1 aliphatic rings. The van der Waals surface area contributed by atoms with Crippen LogP contribution in [-0.2, 0) is 17.7 Å². The quantitative estimate of drug-likeness (QED) is 0.914. The topological polar surface area (TPSA) is 71.1 Å². The maximum absolute atomic E-state index is 12.2. The van der Waals surface area contributed by atoms with Gasteiger partial charge in [-0.05, 0) is 25.5 Å². The molecule has 0 unspecified atom stereocenters. The molecule has 110 valence electrons. The lowest BCUT2D eigenvalue weighted by Crippen LogP contribution is -2.36. The fourth-order valence-corrected chi connectivity index (χ4v) is 2.45. The zero-order valence-corrected chi connectivity index (χ0v) is 12.0. The van der Waals surface area contributed by atoms with E-state index in [9.17, 15) is 4.79 Å². The van der Waals surface area contributed by atoms with Crippen LogP contribution in [0, 0.1) is 0 Å². The summed E-state index contributed by atoms with van der Waals surface area (Å²) in [6.07, 6.45) is 2.39. The Bertz CT molecular complexity index is 669. The second kappa shape index (κ2) is 6.15.